The van der Waals surface area contributed by atoms with Crippen LogP contribution in [-0.4, -0.2) is 42.4 Å². The van der Waals surface area contributed by atoms with E-state index in [2.05, 4.69) is 10.1 Å². The van der Waals surface area contributed by atoms with Crippen LogP contribution in [0.3, 0.4) is 0 Å². The number of furan rings is 1. The van der Waals surface area contributed by atoms with Crippen molar-refractivity contribution in [1.82, 2.24) is 10.2 Å². The highest BCUT2D eigenvalue weighted by atomic mass is 127. The van der Waals surface area contributed by atoms with Crippen LogP contribution in [0.5, 0.6) is 5.75 Å². The normalized spacial score (nSPS) is 14.7. The lowest BCUT2D eigenvalue weighted by atomic mass is 10.2. The number of imide groups is 1. The zero-order chi connectivity index (χ0) is 22.7. The number of benzene rings is 1. The summed E-state index contributed by atoms with van der Waals surface area (Å²) in [6.07, 6.45) is 1.53. The first-order chi connectivity index (χ1) is 14.7. The number of nitrogens with one attached hydrogen (secondary N) is 1. The van der Waals surface area contributed by atoms with Crippen molar-refractivity contribution in [2.24, 2.45) is 5.73 Å². The van der Waals surface area contributed by atoms with Crippen LogP contribution >= 0.6 is 45.2 Å². The first kappa shape index (κ1) is 23.1. The highest BCUT2D eigenvalue weighted by Gasteiger charge is 2.34. The van der Waals surface area contributed by atoms with Crippen molar-refractivity contribution in [2.75, 3.05) is 13.7 Å². The molecule has 10 nitrogen and oxygen atoms in total. The molecule has 1 aromatic carbocycles. The van der Waals surface area contributed by atoms with Crippen molar-refractivity contribution in [1.29, 1.82) is 0 Å². The van der Waals surface area contributed by atoms with Gasteiger partial charge in [-0.2, -0.15) is 0 Å². The number of carbonyl (C=O) groups excluding carboxylic acids is 4. The Morgan fingerprint density at radius 2 is 1.90 bits per heavy atom. The zero-order valence-electron chi connectivity index (χ0n) is 15.9. The van der Waals surface area contributed by atoms with Gasteiger partial charge in [-0.05, 0) is 81.1 Å². The molecule has 0 radical (unpaired) electrons. The Labute approximate surface area is 203 Å². The molecule has 2 aromatic rings. The first-order valence-corrected chi connectivity index (χ1v) is 10.8. The van der Waals surface area contributed by atoms with Crippen LogP contribution in [0.4, 0.5) is 4.79 Å². The quantitative estimate of drug-likeness (QED) is 0.203. The van der Waals surface area contributed by atoms with E-state index in [0.717, 1.165) is 4.90 Å². The second kappa shape index (κ2) is 9.67. The number of methoxy groups -OCH3 is 1. The van der Waals surface area contributed by atoms with Crippen LogP contribution in [0.25, 0.3) is 6.08 Å². The lowest BCUT2D eigenvalue weighted by Gasteiger charge is -2.10. The van der Waals surface area contributed by atoms with Gasteiger partial charge in [0.15, 0.2) is 6.61 Å². The molecule has 2 heterocycles. The Morgan fingerprint density at radius 1 is 1.23 bits per heavy atom. The molecular formula is C19H15I2N3O7. The molecular weight excluding hydrogens is 636 g/mol. The SMILES string of the molecule is COC(=O)c1ccc(CN2C(=O)N/C(=C\c3cc(I)c(OCC(N)=O)c(I)c3)C2=O)o1. The monoisotopic (exact) mass is 651 g/mol. The summed E-state index contributed by atoms with van der Waals surface area (Å²) in [6, 6.07) is 5.76. The molecule has 12 heteroatoms. The molecule has 0 bridgehead atoms. The molecule has 3 rings (SSSR count). The molecule has 31 heavy (non-hydrogen) atoms. The van der Waals surface area contributed by atoms with Crippen LogP contribution in [0, 0.1) is 7.14 Å². The molecule has 0 saturated carbocycles. The third-order valence-corrected chi connectivity index (χ3v) is 5.62. The van der Waals surface area contributed by atoms with E-state index < -0.39 is 23.8 Å². The summed E-state index contributed by atoms with van der Waals surface area (Å²) in [7, 11) is 1.22. The van der Waals surface area contributed by atoms with Gasteiger partial charge in [-0.15, -0.1) is 0 Å². The van der Waals surface area contributed by atoms with E-state index in [1.165, 1.54) is 25.3 Å². The molecule has 1 fully saturated rings. The molecule has 0 spiro atoms. The first-order valence-electron chi connectivity index (χ1n) is 8.61. The van der Waals surface area contributed by atoms with Gasteiger partial charge < -0.3 is 24.9 Å². The van der Waals surface area contributed by atoms with Gasteiger partial charge in [0.05, 0.1) is 20.8 Å². The number of primary amides is 1. The maximum absolute atomic E-state index is 12.7. The molecule has 0 aliphatic carbocycles. The largest absolute Gasteiger partial charge is 0.482 e. The van der Waals surface area contributed by atoms with Gasteiger partial charge in [0.25, 0.3) is 11.8 Å². The number of hydrogen-bond donors (Lipinski definition) is 2. The third-order valence-electron chi connectivity index (χ3n) is 4.01. The Hall–Kier alpha value is -2.62. The third kappa shape index (κ3) is 5.36. The van der Waals surface area contributed by atoms with Crippen LogP contribution in [-0.2, 0) is 20.9 Å². The number of rotatable bonds is 7. The number of esters is 1. The summed E-state index contributed by atoms with van der Waals surface area (Å²) in [5.41, 5.74) is 5.84. The predicted octanol–water partition coefficient (Wildman–Crippen LogP) is 2.23. The van der Waals surface area contributed by atoms with E-state index in [1.807, 2.05) is 45.2 Å². The molecule has 4 amide bonds. The number of hydrogen-bond acceptors (Lipinski definition) is 7. The van der Waals surface area contributed by atoms with Crippen molar-refractivity contribution in [2.45, 2.75) is 6.54 Å². The summed E-state index contributed by atoms with van der Waals surface area (Å²) in [6.45, 7) is -0.394. The minimum atomic E-state index is -0.656. The molecule has 0 atom stereocenters. The van der Waals surface area contributed by atoms with Crippen LogP contribution in [0.15, 0.2) is 34.4 Å². The standard InChI is InChI=1S/C19H15I2N3O7/c1-29-18(27)14-3-2-10(31-14)7-24-17(26)13(23-19(24)28)6-9-4-11(20)16(12(21)5-9)30-8-15(22)25/h2-6H,7-8H2,1H3,(H2,22,25)(H,23,28)/b13-6-. The van der Waals surface area contributed by atoms with Gasteiger partial charge in [-0.25, -0.2) is 9.59 Å². The Kier molecular flexibility index (Phi) is 7.19. The minimum absolute atomic E-state index is 0.0249. The molecule has 3 N–H and O–H groups in total. The highest BCUT2D eigenvalue weighted by Crippen LogP contribution is 2.30. The molecule has 1 aromatic heterocycles. The average molecular weight is 651 g/mol. The van der Waals surface area contributed by atoms with Crippen LogP contribution < -0.4 is 15.8 Å². The maximum Gasteiger partial charge on any atom is 0.373 e. The second-order valence-corrected chi connectivity index (χ2v) is 8.53. The lowest BCUT2D eigenvalue weighted by molar-refractivity contribution is -0.123. The van der Waals surface area contributed by atoms with Gasteiger partial charge in [-0.3, -0.25) is 14.5 Å². The molecule has 1 aliphatic heterocycles. The van der Waals surface area contributed by atoms with E-state index in [4.69, 9.17) is 14.9 Å². The fourth-order valence-electron chi connectivity index (χ4n) is 2.65. The zero-order valence-corrected chi connectivity index (χ0v) is 20.3. The number of nitrogens with two attached hydrogens (primary N) is 1. The van der Waals surface area contributed by atoms with Gasteiger partial charge in [0, 0.05) is 0 Å². The second-order valence-electron chi connectivity index (χ2n) is 6.21. The Morgan fingerprint density at radius 3 is 2.52 bits per heavy atom. The van der Waals surface area contributed by atoms with Gasteiger partial charge >= 0.3 is 12.0 Å². The van der Waals surface area contributed by atoms with Crippen LogP contribution in [0.1, 0.15) is 21.9 Å². The topological polar surface area (TPSA) is 141 Å². The van der Waals surface area contributed by atoms with Crippen molar-refractivity contribution >= 4 is 75.1 Å². The van der Waals surface area contributed by atoms with Crippen molar-refractivity contribution in [3.8, 4) is 5.75 Å². The fourth-order valence-corrected chi connectivity index (χ4v) is 4.78. The summed E-state index contributed by atoms with van der Waals surface area (Å²) in [5, 5.41) is 2.52. The van der Waals surface area contributed by atoms with E-state index >= 15 is 0 Å². The molecule has 1 aliphatic rings. The maximum atomic E-state index is 12.7. The smallest absolute Gasteiger partial charge is 0.373 e. The van der Waals surface area contributed by atoms with E-state index in [1.54, 1.807) is 12.1 Å². The molecule has 1 saturated heterocycles. The summed E-state index contributed by atoms with van der Waals surface area (Å²) in [5.74, 6) is -1.05. The number of halogens is 2. The molecule has 162 valence electrons. The van der Waals surface area contributed by atoms with Gasteiger partial charge in [0.2, 0.25) is 5.76 Å². The van der Waals surface area contributed by atoms with Gasteiger partial charge in [-0.1, -0.05) is 0 Å². The fraction of sp³-hybridized carbons (Fsp3) is 0.158. The average Bonchev–Trinajstić information content (AvgIpc) is 3.27. The highest BCUT2D eigenvalue weighted by molar-refractivity contribution is 14.1. The Balaban J connectivity index is 1.77. The number of amides is 4. The number of ether oxygens (including phenoxy) is 2. The van der Waals surface area contributed by atoms with E-state index in [9.17, 15) is 19.2 Å². The molecule has 0 unspecified atom stereocenters. The van der Waals surface area contributed by atoms with Crippen molar-refractivity contribution in [3.63, 3.8) is 0 Å². The lowest BCUT2D eigenvalue weighted by Crippen LogP contribution is -2.30. The van der Waals surface area contributed by atoms with Gasteiger partial charge in [0.1, 0.15) is 17.2 Å². The number of carbonyl (C=O) groups is 4. The van der Waals surface area contributed by atoms with Crippen molar-refractivity contribution in [3.05, 3.63) is 54.2 Å². The van der Waals surface area contributed by atoms with Crippen LogP contribution in [0.2, 0.25) is 0 Å². The summed E-state index contributed by atoms with van der Waals surface area (Å²) in [4.78, 5) is 48.4. The number of nitrogens with zero attached hydrogens (tertiary/aromatic N) is 1. The summed E-state index contributed by atoms with van der Waals surface area (Å²) >= 11 is 4.08. The minimum Gasteiger partial charge on any atom is -0.482 e. The Bertz CT molecular complexity index is 1090. The van der Waals surface area contributed by atoms with E-state index in [-0.39, 0.29) is 30.4 Å². The summed E-state index contributed by atoms with van der Waals surface area (Å²) < 4.78 is 16.7. The number of urea groups is 1. The van der Waals surface area contributed by atoms with Crippen molar-refractivity contribution < 1.29 is 33.1 Å². The van der Waals surface area contributed by atoms with E-state index in [0.29, 0.717) is 18.5 Å². The predicted molar refractivity (Wildman–Crippen MR) is 124 cm³/mol.